The summed E-state index contributed by atoms with van der Waals surface area (Å²) in [5.41, 5.74) is 2.10. The van der Waals surface area contributed by atoms with Crippen molar-refractivity contribution in [2.75, 3.05) is 17.2 Å². The molecule has 2 aromatic rings. The molecule has 0 saturated carbocycles. The predicted octanol–water partition coefficient (Wildman–Crippen LogP) is 4.14. The van der Waals surface area contributed by atoms with E-state index in [0.717, 1.165) is 12.0 Å². The fourth-order valence-corrected chi connectivity index (χ4v) is 2.23. The Morgan fingerprint density at radius 3 is 2.40 bits per heavy atom. The number of nitrogens with one attached hydrogen (secondary N) is 2. The van der Waals surface area contributed by atoms with Crippen molar-refractivity contribution in [3.63, 3.8) is 0 Å². The summed E-state index contributed by atoms with van der Waals surface area (Å²) in [5, 5.41) is 14.2. The number of carbonyl (C=O) groups is 2. The summed E-state index contributed by atoms with van der Waals surface area (Å²) < 4.78 is 5.54. The van der Waals surface area contributed by atoms with Crippen molar-refractivity contribution in [3.8, 4) is 5.75 Å². The Bertz CT molecular complexity index is 731. The van der Waals surface area contributed by atoms with Crippen molar-refractivity contribution in [2.45, 2.75) is 26.2 Å². The first-order chi connectivity index (χ1) is 12.1. The zero-order chi connectivity index (χ0) is 18.1. The first-order valence-electron chi connectivity index (χ1n) is 8.18. The largest absolute Gasteiger partial charge is 0.494 e. The number of aliphatic carboxylic acids is 1. The van der Waals surface area contributed by atoms with Crippen molar-refractivity contribution >= 4 is 23.4 Å². The van der Waals surface area contributed by atoms with Gasteiger partial charge in [-0.05, 0) is 42.7 Å². The monoisotopic (exact) mass is 342 g/mol. The Balaban J connectivity index is 1.93. The number of carboxylic acids is 1. The van der Waals surface area contributed by atoms with Crippen LogP contribution in [0, 0.1) is 0 Å². The SMILES string of the molecule is CCCOc1cccc(NC(=O)Nc2cccc(CCC(=O)O)c2)c1. The molecule has 0 atom stereocenters. The molecule has 3 N–H and O–H groups in total. The number of ether oxygens (including phenoxy) is 1. The third-order valence-corrected chi connectivity index (χ3v) is 3.38. The van der Waals surface area contributed by atoms with Gasteiger partial charge in [-0.1, -0.05) is 25.1 Å². The van der Waals surface area contributed by atoms with Crippen LogP contribution in [0.3, 0.4) is 0 Å². The van der Waals surface area contributed by atoms with E-state index >= 15 is 0 Å². The number of carbonyl (C=O) groups excluding carboxylic acids is 1. The number of urea groups is 1. The van der Waals surface area contributed by atoms with Crippen molar-refractivity contribution in [2.24, 2.45) is 0 Å². The zero-order valence-corrected chi connectivity index (χ0v) is 14.1. The highest BCUT2D eigenvalue weighted by Gasteiger charge is 2.05. The molecule has 2 rings (SSSR count). The van der Waals surface area contributed by atoms with Gasteiger partial charge in [0.15, 0.2) is 0 Å². The molecule has 0 aliphatic heterocycles. The molecule has 0 aliphatic rings. The molecule has 2 aromatic carbocycles. The van der Waals surface area contributed by atoms with Gasteiger partial charge in [0, 0.05) is 23.9 Å². The Morgan fingerprint density at radius 1 is 1.04 bits per heavy atom. The maximum absolute atomic E-state index is 12.1. The van der Waals surface area contributed by atoms with Crippen LogP contribution in [-0.4, -0.2) is 23.7 Å². The van der Waals surface area contributed by atoms with Gasteiger partial charge < -0.3 is 20.5 Å². The van der Waals surface area contributed by atoms with E-state index in [1.54, 1.807) is 30.3 Å². The molecular weight excluding hydrogens is 320 g/mol. The first-order valence-corrected chi connectivity index (χ1v) is 8.18. The normalized spacial score (nSPS) is 10.1. The Hall–Kier alpha value is -3.02. The van der Waals surface area contributed by atoms with Crippen LogP contribution >= 0.6 is 0 Å². The summed E-state index contributed by atoms with van der Waals surface area (Å²) in [4.78, 5) is 22.8. The maximum Gasteiger partial charge on any atom is 0.323 e. The Labute approximate surface area is 146 Å². The highest BCUT2D eigenvalue weighted by Crippen LogP contribution is 2.18. The summed E-state index contributed by atoms with van der Waals surface area (Å²) in [5.74, 6) is -0.142. The van der Waals surface area contributed by atoms with Gasteiger partial charge in [0.1, 0.15) is 5.75 Å². The summed E-state index contributed by atoms with van der Waals surface area (Å²) in [7, 11) is 0. The minimum Gasteiger partial charge on any atom is -0.494 e. The third kappa shape index (κ3) is 6.55. The fraction of sp³-hybridized carbons (Fsp3) is 0.263. The molecule has 0 saturated heterocycles. The van der Waals surface area contributed by atoms with Crippen LogP contribution in [0.2, 0.25) is 0 Å². The smallest absolute Gasteiger partial charge is 0.323 e. The van der Waals surface area contributed by atoms with Crippen LogP contribution in [-0.2, 0) is 11.2 Å². The molecular formula is C19H22N2O4. The Morgan fingerprint density at radius 2 is 1.72 bits per heavy atom. The molecule has 25 heavy (non-hydrogen) atoms. The van der Waals surface area contributed by atoms with Gasteiger partial charge in [0.2, 0.25) is 0 Å². The molecule has 132 valence electrons. The Kier molecular flexibility index (Phi) is 6.83. The van der Waals surface area contributed by atoms with E-state index in [-0.39, 0.29) is 12.5 Å². The average molecular weight is 342 g/mol. The zero-order valence-electron chi connectivity index (χ0n) is 14.1. The lowest BCUT2D eigenvalue weighted by molar-refractivity contribution is -0.136. The molecule has 6 heteroatoms. The highest BCUT2D eigenvalue weighted by molar-refractivity contribution is 5.99. The molecule has 0 fully saturated rings. The fourth-order valence-electron chi connectivity index (χ4n) is 2.23. The first kappa shape index (κ1) is 18.3. The van der Waals surface area contributed by atoms with Crippen LogP contribution in [0.25, 0.3) is 0 Å². The summed E-state index contributed by atoms with van der Waals surface area (Å²) in [6.07, 6.45) is 1.39. The lowest BCUT2D eigenvalue weighted by Gasteiger charge is -2.10. The lowest BCUT2D eigenvalue weighted by Crippen LogP contribution is -2.19. The molecule has 2 amide bonds. The van der Waals surface area contributed by atoms with Crippen molar-refractivity contribution in [3.05, 3.63) is 54.1 Å². The van der Waals surface area contributed by atoms with Crippen LogP contribution < -0.4 is 15.4 Å². The molecule has 0 unspecified atom stereocenters. The number of carboxylic acid groups (broad SMARTS) is 1. The third-order valence-electron chi connectivity index (χ3n) is 3.38. The minimum atomic E-state index is -0.846. The van der Waals surface area contributed by atoms with E-state index in [4.69, 9.17) is 9.84 Å². The van der Waals surface area contributed by atoms with E-state index in [9.17, 15) is 9.59 Å². The number of amides is 2. The van der Waals surface area contributed by atoms with Gasteiger partial charge in [-0.3, -0.25) is 4.79 Å². The van der Waals surface area contributed by atoms with Gasteiger partial charge >= 0.3 is 12.0 Å². The minimum absolute atomic E-state index is 0.0558. The van der Waals surface area contributed by atoms with E-state index in [0.29, 0.717) is 30.2 Å². The second-order valence-corrected chi connectivity index (χ2v) is 5.55. The molecule has 0 aliphatic carbocycles. The molecule has 0 radical (unpaired) electrons. The number of benzene rings is 2. The molecule has 6 nitrogen and oxygen atoms in total. The van der Waals surface area contributed by atoms with Crippen LogP contribution in [0.1, 0.15) is 25.3 Å². The average Bonchev–Trinajstić information content (AvgIpc) is 2.58. The summed E-state index contributed by atoms with van der Waals surface area (Å²) in [6, 6.07) is 14.0. The standard InChI is InChI=1S/C19H22N2O4/c1-2-11-25-17-8-4-7-16(13-17)21-19(24)20-15-6-3-5-14(12-15)9-10-18(22)23/h3-8,12-13H,2,9-11H2,1H3,(H,22,23)(H2,20,21,24). The second-order valence-electron chi connectivity index (χ2n) is 5.55. The number of hydrogen-bond donors (Lipinski definition) is 3. The second kappa shape index (κ2) is 9.32. The van der Waals surface area contributed by atoms with Crippen molar-refractivity contribution in [1.82, 2.24) is 0 Å². The highest BCUT2D eigenvalue weighted by atomic mass is 16.5. The van der Waals surface area contributed by atoms with Crippen LogP contribution in [0.15, 0.2) is 48.5 Å². The van der Waals surface area contributed by atoms with Crippen molar-refractivity contribution in [1.29, 1.82) is 0 Å². The number of rotatable bonds is 8. The number of hydrogen-bond acceptors (Lipinski definition) is 3. The van der Waals surface area contributed by atoms with Crippen LogP contribution in [0.4, 0.5) is 16.2 Å². The quantitative estimate of drug-likeness (QED) is 0.673. The molecule has 0 bridgehead atoms. The van der Waals surface area contributed by atoms with E-state index in [2.05, 4.69) is 10.6 Å². The molecule has 0 aromatic heterocycles. The van der Waals surface area contributed by atoms with E-state index < -0.39 is 5.97 Å². The van der Waals surface area contributed by atoms with E-state index in [1.807, 2.05) is 25.1 Å². The van der Waals surface area contributed by atoms with Crippen LogP contribution in [0.5, 0.6) is 5.75 Å². The topological polar surface area (TPSA) is 87.7 Å². The number of aryl methyl sites for hydroxylation is 1. The molecule has 0 heterocycles. The maximum atomic E-state index is 12.1. The van der Waals surface area contributed by atoms with Gasteiger partial charge in [-0.15, -0.1) is 0 Å². The van der Waals surface area contributed by atoms with E-state index in [1.165, 1.54) is 0 Å². The van der Waals surface area contributed by atoms with Gasteiger partial charge in [-0.25, -0.2) is 4.79 Å². The number of anilines is 2. The van der Waals surface area contributed by atoms with Gasteiger partial charge in [-0.2, -0.15) is 0 Å². The van der Waals surface area contributed by atoms with Crippen molar-refractivity contribution < 1.29 is 19.4 Å². The summed E-state index contributed by atoms with van der Waals surface area (Å²) >= 11 is 0. The molecule has 0 spiro atoms. The van der Waals surface area contributed by atoms with Gasteiger partial charge in [0.05, 0.1) is 6.61 Å². The van der Waals surface area contributed by atoms with Gasteiger partial charge in [0.25, 0.3) is 0 Å². The predicted molar refractivity (Wildman–Crippen MR) is 97.3 cm³/mol. The summed E-state index contributed by atoms with van der Waals surface area (Å²) in [6.45, 7) is 2.65. The lowest BCUT2D eigenvalue weighted by atomic mass is 10.1.